The molecule has 4 rings (SSSR count). The molecule has 2 amide bonds. The maximum Gasteiger partial charge on any atom is 0.260 e. The van der Waals surface area contributed by atoms with Gasteiger partial charge in [-0.2, -0.15) is 0 Å². The number of benzene rings is 1. The minimum absolute atomic E-state index is 0.207. The second kappa shape index (κ2) is 6.01. The predicted octanol–water partition coefficient (Wildman–Crippen LogP) is 0.920. The zero-order valence-corrected chi connectivity index (χ0v) is 14.2. The molecular weight excluding hydrogens is 379 g/mol. The molecule has 1 spiro atoms. The van der Waals surface area contributed by atoms with Crippen LogP contribution >= 0.6 is 0 Å². The number of carbonyl (C=O) groups is 2. The highest BCUT2D eigenvalue weighted by molar-refractivity contribution is 6.32. The maximum absolute atomic E-state index is 14.5. The van der Waals surface area contributed by atoms with Gasteiger partial charge in [0, 0.05) is 24.1 Å². The SMILES string of the molecule is [B]c1ccc2c(c1F)C1(CN(CC(=O)Nc3ncc(F)cn3)C2=O)CC1(F)F. The van der Waals surface area contributed by atoms with Crippen LogP contribution in [0.2, 0.25) is 0 Å². The molecule has 2 heterocycles. The highest BCUT2D eigenvalue weighted by atomic mass is 19.3. The minimum atomic E-state index is -3.23. The number of aromatic nitrogens is 2. The summed E-state index contributed by atoms with van der Waals surface area (Å²) in [6, 6.07) is 2.30. The van der Waals surface area contributed by atoms with Crippen LogP contribution in [-0.4, -0.2) is 53.5 Å². The first-order valence-corrected chi connectivity index (χ1v) is 8.17. The van der Waals surface area contributed by atoms with Crippen molar-refractivity contribution in [3.8, 4) is 0 Å². The lowest BCUT2D eigenvalue weighted by Crippen LogP contribution is -2.49. The van der Waals surface area contributed by atoms with Crippen LogP contribution < -0.4 is 10.8 Å². The average molecular weight is 390 g/mol. The van der Waals surface area contributed by atoms with Crippen molar-refractivity contribution < 1.29 is 27.2 Å². The first-order valence-electron chi connectivity index (χ1n) is 8.17. The molecule has 1 N–H and O–H groups in total. The van der Waals surface area contributed by atoms with Gasteiger partial charge in [0.2, 0.25) is 11.9 Å². The Bertz CT molecular complexity index is 1000. The Balaban J connectivity index is 1.61. The maximum atomic E-state index is 14.5. The van der Waals surface area contributed by atoms with Crippen LogP contribution in [0.15, 0.2) is 24.5 Å². The van der Waals surface area contributed by atoms with Crippen LogP contribution in [0.25, 0.3) is 0 Å². The van der Waals surface area contributed by atoms with Crippen molar-refractivity contribution in [2.24, 2.45) is 0 Å². The Morgan fingerprint density at radius 2 is 1.89 bits per heavy atom. The number of fused-ring (bicyclic) bond motifs is 2. The van der Waals surface area contributed by atoms with E-state index in [1.54, 1.807) is 0 Å². The first kappa shape index (κ1) is 18.4. The summed E-state index contributed by atoms with van der Waals surface area (Å²) in [5.41, 5.74) is -2.89. The van der Waals surface area contributed by atoms with Crippen LogP contribution in [0.1, 0.15) is 22.3 Å². The largest absolute Gasteiger partial charge is 0.328 e. The monoisotopic (exact) mass is 390 g/mol. The van der Waals surface area contributed by atoms with E-state index in [1.807, 2.05) is 0 Å². The molecule has 142 valence electrons. The van der Waals surface area contributed by atoms with E-state index in [2.05, 4.69) is 15.3 Å². The van der Waals surface area contributed by atoms with E-state index in [0.717, 1.165) is 23.4 Å². The van der Waals surface area contributed by atoms with Crippen LogP contribution in [0.5, 0.6) is 0 Å². The number of nitrogens with zero attached hydrogens (tertiary/aromatic N) is 3. The Labute approximate surface area is 157 Å². The van der Waals surface area contributed by atoms with Gasteiger partial charge in [-0.15, -0.1) is 0 Å². The standard InChI is InChI=1S/C17H11BF4N4O2/c18-10-2-1-9-12(13(10)20)16(6-17(16,21)22)7-26(14(9)28)5-11(27)25-15-23-3-8(19)4-24-15/h1-4H,5-7H2,(H,23,24,25,27). The summed E-state index contributed by atoms with van der Waals surface area (Å²) in [6.07, 6.45) is 1.01. The Hall–Kier alpha value is -2.98. The van der Waals surface area contributed by atoms with Crippen LogP contribution in [0, 0.1) is 11.6 Å². The normalized spacial score (nSPS) is 22.1. The third kappa shape index (κ3) is 2.72. The van der Waals surface area contributed by atoms with Gasteiger partial charge in [-0.05, 0) is 6.07 Å². The van der Waals surface area contributed by atoms with Gasteiger partial charge in [0.25, 0.3) is 11.8 Å². The van der Waals surface area contributed by atoms with E-state index in [1.165, 1.54) is 6.07 Å². The number of amides is 2. The third-order valence-corrected chi connectivity index (χ3v) is 4.93. The van der Waals surface area contributed by atoms with E-state index < -0.39 is 59.9 Å². The highest BCUT2D eigenvalue weighted by Gasteiger charge is 2.75. The molecule has 28 heavy (non-hydrogen) atoms. The smallest absolute Gasteiger partial charge is 0.260 e. The number of hydrogen-bond acceptors (Lipinski definition) is 4. The topological polar surface area (TPSA) is 75.2 Å². The van der Waals surface area contributed by atoms with E-state index in [-0.39, 0.29) is 17.0 Å². The van der Waals surface area contributed by atoms with Gasteiger partial charge in [0.1, 0.15) is 20.2 Å². The Kier molecular flexibility index (Phi) is 3.95. The summed E-state index contributed by atoms with van der Waals surface area (Å²) in [5, 5.41) is 2.25. The van der Waals surface area contributed by atoms with Gasteiger partial charge >= 0.3 is 0 Å². The number of rotatable bonds is 3. The summed E-state index contributed by atoms with van der Waals surface area (Å²) < 4.78 is 55.7. The Morgan fingerprint density at radius 1 is 1.25 bits per heavy atom. The van der Waals surface area contributed by atoms with Gasteiger partial charge in [-0.3, -0.25) is 14.9 Å². The molecule has 0 saturated heterocycles. The van der Waals surface area contributed by atoms with Gasteiger partial charge in [0.05, 0.1) is 17.8 Å². The van der Waals surface area contributed by atoms with Crippen molar-refractivity contribution in [3.63, 3.8) is 0 Å². The van der Waals surface area contributed by atoms with E-state index in [0.29, 0.717) is 0 Å². The molecule has 1 aliphatic carbocycles. The number of hydrogen-bond donors (Lipinski definition) is 1. The number of alkyl halides is 2. The van der Waals surface area contributed by atoms with Crippen LogP contribution in [0.3, 0.4) is 0 Å². The number of halogens is 4. The fraction of sp³-hybridized carbons (Fsp3) is 0.294. The molecule has 11 heteroatoms. The molecule has 1 aliphatic heterocycles. The molecule has 2 aromatic rings. The molecule has 0 bridgehead atoms. The van der Waals surface area contributed by atoms with E-state index in [9.17, 15) is 27.2 Å². The number of anilines is 1. The number of nitrogens with one attached hydrogen (secondary N) is 1. The zero-order chi connectivity index (χ0) is 20.3. The molecule has 1 unspecified atom stereocenters. The second-order valence-corrected chi connectivity index (χ2v) is 6.79. The first-order chi connectivity index (χ1) is 13.1. The number of carbonyl (C=O) groups excluding carboxylic acids is 2. The van der Waals surface area contributed by atoms with Crippen molar-refractivity contribution in [1.82, 2.24) is 14.9 Å². The predicted molar refractivity (Wildman–Crippen MR) is 89.6 cm³/mol. The minimum Gasteiger partial charge on any atom is -0.328 e. The zero-order valence-electron chi connectivity index (χ0n) is 14.2. The lowest BCUT2D eigenvalue weighted by atomic mass is 9.80. The van der Waals surface area contributed by atoms with Gasteiger partial charge in [-0.25, -0.2) is 27.5 Å². The fourth-order valence-corrected chi connectivity index (χ4v) is 3.51. The van der Waals surface area contributed by atoms with Gasteiger partial charge < -0.3 is 4.90 Å². The lowest BCUT2D eigenvalue weighted by Gasteiger charge is -2.35. The van der Waals surface area contributed by atoms with Crippen molar-refractivity contribution in [1.29, 1.82) is 0 Å². The summed E-state index contributed by atoms with van der Waals surface area (Å²) >= 11 is 0. The summed E-state index contributed by atoms with van der Waals surface area (Å²) in [5.74, 6) is -6.71. The van der Waals surface area contributed by atoms with Crippen LogP contribution in [0.4, 0.5) is 23.5 Å². The van der Waals surface area contributed by atoms with Crippen molar-refractivity contribution in [2.45, 2.75) is 17.8 Å². The van der Waals surface area contributed by atoms with E-state index >= 15 is 0 Å². The summed E-state index contributed by atoms with van der Waals surface area (Å²) in [6.45, 7) is -1.12. The summed E-state index contributed by atoms with van der Waals surface area (Å²) in [4.78, 5) is 32.8. The fourth-order valence-electron chi connectivity index (χ4n) is 3.51. The molecule has 1 atom stereocenters. The summed E-state index contributed by atoms with van der Waals surface area (Å²) in [7, 11) is 5.49. The molecule has 2 radical (unpaired) electrons. The molecule has 6 nitrogen and oxygen atoms in total. The van der Waals surface area contributed by atoms with E-state index in [4.69, 9.17) is 7.85 Å². The Morgan fingerprint density at radius 3 is 2.50 bits per heavy atom. The molecular formula is C17H11BF4N4O2. The molecule has 1 fully saturated rings. The van der Waals surface area contributed by atoms with Crippen molar-refractivity contribution in [2.75, 3.05) is 18.4 Å². The average Bonchev–Trinajstić information content (AvgIpc) is 3.17. The third-order valence-electron chi connectivity index (χ3n) is 4.93. The molecule has 1 aromatic heterocycles. The van der Waals surface area contributed by atoms with Crippen molar-refractivity contribution in [3.05, 3.63) is 47.3 Å². The lowest BCUT2D eigenvalue weighted by molar-refractivity contribution is -0.117. The van der Waals surface area contributed by atoms with Gasteiger partial charge in [0.15, 0.2) is 5.82 Å². The quantitative estimate of drug-likeness (QED) is 0.625. The second-order valence-electron chi connectivity index (χ2n) is 6.79. The molecule has 1 aromatic carbocycles. The van der Waals surface area contributed by atoms with Gasteiger partial charge in [-0.1, -0.05) is 11.5 Å². The highest BCUT2D eigenvalue weighted by Crippen LogP contribution is 2.64. The molecule has 2 aliphatic rings. The van der Waals surface area contributed by atoms with Crippen molar-refractivity contribution >= 4 is 31.1 Å². The molecule has 1 saturated carbocycles. The van der Waals surface area contributed by atoms with Crippen LogP contribution in [-0.2, 0) is 10.2 Å².